The van der Waals surface area contributed by atoms with E-state index in [1.807, 2.05) is 25.9 Å². The SMILES string of the molecule is CCN(CCN(C)C)C(=O)Cc1c(C)[nH]c2c(C)cc(C)cc12.O=C(O)C(O)C(O)C(=O)O. The Bertz CT molecular complexity index is 966. The summed E-state index contributed by atoms with van der Waals surface area (Å²) in [6.45, 7) is 10.8. The Labute approximate surface area is 193 Å². The smallest absolute Gasteiger partial charge is 0.335 e. The number of carbonyl (C=O) groups is 3. The molecule has 2 rings (SSSR count). The Morgan fingerprint density at radius 3 is 1.97 bits per heavy atom. The summed E-state index contributed by atoms with van der Waals surface area (Å²) < 4.78 is 0. The fourth-order valence-corrected chi connectivity index (χ4v) is 3.38. The van der Waals surface area contributed by atoms with E-state index in [-0.39, 0.29) is 5.91 Å². The zero-order chi connectivity index (χ0) is 25.5. The van der Waals surface area contributed by atoms with Gasteiger partial charge in [-0.3, -0.25) is 4.79 Å². The monoisotopic (exact) mass is 465 g/mol. The highest BCUT2D eigenvalue weighted by Gasteiger charge is 2.29. The van der Waals surface area contributed by atoms with Gasteiger partial charge in [0, 0.05) is 36.2 Å². The van der Waals surface area contributed by atoms with Gasteiger partial charge in [0.15, 0.2) is 12.2 Å². The van der Waals surface area contributed by atoms with E-state index in [1.165, 1.54) is 16.5 Å². The van der Waals surface area contributed by atoms with Crippen LogP contribution < -0.4 is 0 Å². The van der Waals surface area contributed by atoms with Crippen LogP contribution in [0.2, 0.25) is 0 Å². The molecule has 0 saturated carbocycles. The average Bonchev–Trinajstić information content (AvgIpc) is 3.03. The molecule has 0 aliphatic rings. The number of likely N-dealkylation sites (N-methyl/N-ethyl adjacent to an activating group) is 2. The maximum atomic E-state index is 12.7. The number of amides is 1. The van der Waals surface area contributed by atoms with Crippen molar-refractivity contribution in [2.24, 2.45) is 0 Å². The van der Waals surface area contributed by atoms with Gasteiger partial charge in [-0.2, -0.15) is 0 Å². The molecule has 1 amide bonds. The fourth-order valence-electron chi connectivity index (χ4n) is 3.38. The Morgan fingerprint density at radius 1 is 0.970 bits per heavy atom. The summed E-state index contributed by atoms with van der Waals surface area (Å²) >= 11 is 0. The van der Waals surface area contributed by atoms with Gasteiger partial charge in [0.25, 0.3) is 0 Å². The molecule has 0 spiro atoms. The molecule has 2 unspecified atom stereocenters. The number of nitrogens with zero attached hydrogens (tertiary/aromatic N) is 2. The number of aromatic amines is 1. The first kappa shape index (κ1) is 28.1. The molecule has 2 atom stereocenters. The van der Waals surface area contributed by atoms with Gasteiger partial charge in [-0.15, -0.1) is 0 Å². The molecule has 184 valence electrons. The van der Waals surface area contributed by atoms with Crippen LogP contribution in [0.15, 0.2) is 12.1 Å². The van der Waals surface area contributed by atoms with E-state index in [9.17, 15) is 14.4 Å². The van der Waals surface area contributed by atoms with Crippen molar-refractivity contribution in [3.63, 3.8) is 0 Å². The first-order chi connectivity index (χ1) is 15.3. The highest BCUT2D eigenvalue weighted by Crippen LogP contribution is 2.27. The van der Waals surface area contributed by atoms with Crippen molar-refractivity contribution in [1.82, 2.24) is 14.8 Å². The van der Waals surface area contributed by atoms with E-state index in [0.717, 1.165) is 36.4 Å². The van der Waals surface area contributed by atoms with E-state index < -0.39 is 24.1 Å². The molecule has 10 nitrogen and oxygen atoms in total. The quantitative estimate of drug-likeness (QED) is 0.366. The minimum absolute atomic E-state index is 0.206. The maximum Gasteiger partial charge on any atom is 0.335 e. The van der Waals surface area contributed by atoms with Gasteiger partial charge in [-0.05, 0) is 59.0 Å². The lowest BCUT2D eigenvalue weighted by atomic mass is 10.0. The van der Waals surface area contributed by atoms with Crippen LogP contribution in [0.3, 0.4) is 0 Å². The summed E-state index contributed by atoms with van der Waals surface area (Å²) in [6.07, 6.45) is -4.06. The predicted octanol–water partition coefficient (Wildman–Crippen LogP) is 0.923. The number of carboxylic acids is 2. The van der Waals surface area contributed by atoms with Crippen molar-refractivity contribution in [3.8, 4) is 0 Å². The third kappa shape index (κ3) is 7.85. The average molecular weight is 466 g/mol. The van der Waals surface area contributed by atoms with Gasteiger partial charge in [0.2, 0.25) is 5.91 Å². The molecule has 0 saturated heterocycles. The third-order valence-corrected chi connectivity index (χ3v) is 5.25. The molecule has 0 radical (unpaired) electrons. The number of aromatic nitrogens is 1. The number of carboxylic acid groups (broad SMARTS) is 2. The molecule has 10 heteroatoms. The Morgan fingerprint density at radius 2 is 1.52 bits per heavy atom. The zero-order valence-corrected chi connectivity index (χ0v) is 20.0. The number of hydrogen-bond acceptors (Lipinski definition) is 6. The summed E-state index contributed by atoms with van der Waals surface area (Å²) in [7, 11) is 4.07. The molecule has 1 aromatic carbocycles. The van der Waals surface area contributed by atoms with Gasteiger partial charge < -0.3 is 35.2 Å². The van der Waals surface area contributed by atoms with Crippen LogP contribution in [0.25, 0.3) is 10.9 Å². The number of rotatable bonds is 9. The first-order valence-electron chi connectivity index (χ1n) is 10.6. The fraction of sp³-hybridized carbons (Fsp3) is 0.522. The Hall–Kier alpha value is -2.95. The number of aliphatic hydroxyl groups is 2. The second-order valence-corrected chi connectivity index (χ2v) is 8.25. The van der Waals surface area contributed by atoms with Crippen LogP contribution in [0.1, 0.15) is 29.3 Å². The van der Waals surface area contributed by atoms with Crippen LogP contribution in [0.4, 0.5) is 0 Å². The number of carbonyl (C=O) groups excluding carboxylic acids is 1. The molecular formula is C23H35N3O7. The molecular weight excluding hydrogens is 430 g/mol. The van der Waals surface area contributed by atoms with Crippen LogP contribution in [0, 0.1) is 20.8 Å². The lowest BCUT2D eigenvalue weighted by Gasteiger charge is -2.23. The summed E-state index contributed by atoms with van der Waals surface area (Å²) in [5.74, 6) is -3.33. The van der Waals surface area contributed by atoms with Gasteiger partial charge in [0.05, 0.1) is 6.42 Å². The molecule has 0 aliphatic heterocycles. The largest absolute Gasteiger partial charge is 0.479 e. The highest BCUT2D eigenvalue weighted by molar-refractivity contribution is 5.92. The number of nitrogens with one attached hydrogen (secondary N) is 1. The lowest BCUT2D eigenvalue weighted by Crippen LogP contribution is -2.39. The number of aryl methyl sites for hydroxylation is 3. The topological polar surface area (TPSA) is 154 Å². The van der Waals surface area contributed by atoms with E-state index in [4.69, 9.17) is 20.4 Å². The van der Waals surface area contributed by atoms with Gasteiger partial charge in [-0.25, -0.2) is 9.59 Å². The van der Waals surface area contributed by atoms with E-state index >= 15 is 0 Å². The number of fused-ring (bicyclic) bond motifs is 1. The van der Waals surface area contributed by atoms with Crippen molar-refractivity contribution in [3.05, 3.63) is 34.5 Å². The Kier molecular flexibility index (Phi) is 10.5. The lowest BCUT2D eigenvalue weighted by molar-refractivity contribution is -0.165. The summed E-state index contributed by atoms with van der Waals surface area (Å²) in [5, 5.41) is 33.7. The molecule has 0 bridgehead atoms. The van der Waals surface area contributed by atoms with E-state index in [2.05, 4.69) is 42.8 Å². The first-order valence-corrected chi connectivity index (χ1v) is 10.6. The van der Waals surface area contributed by atoms with E-state index in [0.29, 0.717) is 6.42 Å². The predicted molar refractivity (Wildman–Crippen MR) is 124 cm³/mol. The van der Waals surface area contributed by atoms with Crippen LogP contribution in [0.5, 0.6) is 0 Å². The summed E-state index contributed by atoms with van der Waals surface area (Å²) in [6, 6.07) is 4.36. The molecule has 2 aromatic rings. The van der Waals surface area contributed by atoms with Gasteiger partial charge in [-0.1, -0.05) is 11.6 Å². The maximum absolute atomic E-state index is 12.7. The third-order valence-electron chi connectivity index (χ3n) is 5.25. The summed E-state index contributed by atoms with van der Waals surface area (Å²) in [4.78, 5) is 39.8. The number of hydrogen-bond donors (Lipinski definition) is 5. The van der Waals surface area contributed by atoms with Crippen molar-refractivity contribution >= 4 is 28.7 Å². The van der Waals surface area contributed by atoms with E-state index in [1.54, 1.807) is 0 Å². The van der Waals surface area contributed by atoms with Crippen molar-refractivity contribution in [1.29, 1.82) is 0 Å². The van der Waals surface area contributed by atoms with Crippen molar-refractivity contribution in [2.75, 3.05) is 33.7 Å². The molecule has 1 heterocycles. The summed E-state index contributed by atoms with van der Waals surface area (Å²) in [5.41, 5.74) is 5.88. The second kappa shape index (κ2) is 12.3. The normalized spacial score (nSPS) is 12.8. The number of benzene rings is 1. The second-order valence-electron chi connectivity index (χ2n) is 8.25. The van der Waals surface area contributed by atoms with Crippen LogP contribution in [-0.2, 0) is 20.8 Å². The highest BCUT2D eigenvalue weighted by atomic mass is 16.4. The molecule has 5 N–H and O–H groups in total. The number of aliphatic hydroxyl groups excluding tert-OH is 2. The number of aliphatic carboxylic acids is 2. The molecule has 0 aliphatic carbocycles. The zero-order valence-electron chi connectivity index (χ0n) is 20.0. The van der Waals surface area contributed by atoms with Gasteiger partial charge >= 0.3 is 11.9 Å². The minimum Gasteiger partial charge on any atom is -0.479 e. The molecule has 33 heavy (non-hydrogen) atoms. The van der Waals surface area contributed by atoms with Crippen LogP contribution in [-0.4, -0.2) is 99.0 Å². The standard InChI is InChI=1S/C19H29N3O.C4H6O6/c1-7-22(9-8-21(5)6)18(23)12-16-15(4)20-19-14(3)10-13(2)11-17(16)19;5-1(3(7)8)2(6)4(9)10/h10-11,20H,7-9,12H2,1-6H3;1-2,5-6H,(H,7,8)(H,9,10). The molecule has 1 aromatic heterocycles. The minimum atomic E-state index is -2.27. The molecule has 0 fully saturated rings. The van der Waals surface area contributed by atoms with Gasteiger partial charge in [0.1, 0.15) is 0 Å². The number of H-pyrrole nitrogens is 1. The van der Waals surface area contributed by atoms with Crippen molar-refractivity contribution < 1.29 is 34.8 Å². The van der Waals surface area contributed by atoms with Crippen molar-refractivity contribution in [2.45, 2.75) is 46.3 Å². The Balaban J connectivity index is 0.000000461. The van der Waals surface area contributed by atoms with Crippen LogP contribution >= 0.6 is 0 Å².